The first kappa shape index (κ1) is 6.40. The summed E-state index contributed by atoms with van der Waals surface area (Å²) < 4.78 is 0. The van der Waals surface area contributed by atoms with Gasteiger partial charge in [-0.1, -0.05) is 19.1 Å². The Balaban J connectivity index is 2.83. The zero-order chi connectivity index (χ0) is 6.85. The van der Waals surface area contributed by atoms with Crippen molar-refractivity contribution < 1.29 is 5.11 Å². The molecule has 0 aromatic carbocycles. The van der Waals surface area contributed by atoms with Crippen molar-refractivity contribution >= 4 is 0 Å². The van der Waals surface area contributed by atoms with Gasteiger partial charge < -0.3 is 5.11 Å². The van der Waals surface area contributed by atoms with E-state index in [0.717, 1.165) is 12.0 Å². The van der Waals surface area contributed by atoms with Crippen LogP contribution in [0.5, 0.6) is 0 Å². The molecule has 0 fully saturated rings. The molecule has 1 rings (SSSR count). The summed E-state index contributed by atoms with van der Waals surface area (Å²) in [6.07, 6.45) is 5.04. The monoisotopic (exact) mass is 124 g/mol. The Bertz CT molecular complexity index is 165. The van der Waals surface area contributed by atoms with Crippen molar-refractivity contribution in [1.29, 1.82) is 0 Å². The Kier molecular flexibility index (Phi) is 1.60. The van der Waals surface area contributed by atoms with Gasteiger partial charge in [-0.05, 0) is 18.9 Å². The van der Waals surface area contributed by atoms with Gasteiger partial charge in [0.05, 0.1) is 5.76 Å². The van der Waals surface area contributed by atoms with Crippen LogP contribution in [0.25, 0.3) is 0 Å². The molecule has 0 bridgehead atoms. The van der Waals surface area contributed by atoms with E-state index in [9.17, 15) is 5.11 Å². The van der Waals surface area contributed by atoms with Crippen LogP contribution < -0.4 is 0 Å². The van der Waals surface area contributed by atoms with E-state index < -0.39 is 0 Å². The summed E-state index contributed by atoms with van der Waals surface area (Å²) in [6.45, 7) is 3.96. The van der Waals surface area contributed by atoms with Crippen molar-refractivity contribution in [2.75, 3.05) is 0 Å². The van der Waals surface area contributed by atoms with E-state index in [1.54, 1.807) is 0 Å². The SMILES string of the molecule is CC1=C(O)[C@@H](C)CC=C1. The van der Waals surface area contributed by atoms with Crippen molar-refractivity contribution in [3.63, 3.8) is 0 Å². The van der Waals surface area contributed by atoms with Gasteiger partial charge in [-0.2, -0.15) is 0 Å². The topological polar surface area (TPSA) is 20.2 Å². The van der Waals surface area contributed by atoms with Crippen LogP contribution in [0.1, 0.15) is 20.3 Å². The number of allylic oxidation sites excluding steroid dienone is 4. The molecule has 0 amide bonds. The van der Waals surface area contributed by atoms with Crippen LogP contribution >= 0.6 is 0 Å². The normalized spacial score (nSPS) is 27.1. The van der Waals surface area contributed by atoms with Crippen molar-refractivity contribution in [3.8, 4) is 0 Å². The molecule has 1 aliphatic carbocycles. The quantitative estimate of drug-likeness (QED) is 0.525. The third-order valence-electron chi connectivity index (χ3n) is 1.73. The van der Waals surface area contributed by atoms with Gasteiger partial charge in [0.2, 0.25) is 0 Å². The zero-order valence-corrected chi connectivity index (χ0v) is 5.89. The van der Waals surface area contributed by atoms with Crippen LogP contribution in [0, 0.1) is 5.92 Å². The molecule has 1 heteroatoms. The van der Waals surface area contributed by atoms with Crippen LogP contribution in [0.4, 0.5) is 0 Å². The van der Waals surface area contributed by atoms with Crippen molar-refractivity contribution in [1.82, 2.24) is 0 Å². The lowest BCUT2D eigenvalue weighted by molar-refractivity contribution is 0.333. The van der Waals surface area contributed by atoms with Gasteiger partial charge in [-0.15, -0.1) is 0 Å². The summed E-state index contributed by atoms with van der Waals surface area (Å²) in [5.74, 6) is 0.882. The molecule has 0 aromatic heterocycles. The Morgan fingerprint density at radius 3 is 2.78 bits per heavy atom. The summed E-state index contributed by atoms with van der Waals surface area (Å²) in [6, 6.07) is 0. The third kappa shape index (κ3) is 1.15. The molecule has 9 heavy (non-hydrogen) atoms. The maximum Gasteiger partial charge on any atom is 0.0982 e. The largest absolute Gasteiger partial charge is 0.512 e. The van der Waals surface area contributed by atoms with Gasteiger partial charge in [0.25, 0.3) is 0 Å². The second kappa shape index (κ2) is 2.26. The fourth-order valence-corrected chi connectivity index (χ4v) is 1.03. The first-order valence-corrected chi connectivity index (χ1v) is 3.28. The predicted molar refractivity (Wildman–Crippen MR) is 38.2 cm³/mol. The Hall–Kier alpha value is -0.720. The summed E-state index contributed by atoms with van der Waals surface area (Å²) in [5.41, 5.74) is 1.01. The molecule has 0 saturated carbocycles. The van der Waals surface area contributed by atoms with Gasteiger partial charge in [0.15, 0.2) is 0 Å². The summed E-state index contributed by atoms with van der Waals surface area (Å²) in [7, 11) is 0. The molecule has 0 saturated heterocycles. The second-order valence-corrected chi connectivity index (χ2v) is 2.61. The highest BCUT2D eigenvalue weighted by Gasteiger charge is 2.10. The van der Waals surface area contributed by atoms with E-state index in [0.29, 0.717) is 11.7 Å². The second-order valence-electron chi connectivity index (χ2n) is 2.61. The van der Waals surface area contributed by atoms with E-state index in [1.807, 2.05) is 19.9 Å². The average Bonchev–Trinajstić information content (AvgIpc) is 1.83. The molecule has 1 N–H and O–H groups in total. The van der Waals surface area contributed by atoms with Gasteiger partial charge in [-0.25, -0.2) is 0 Å². The van der Waals surface area contributed by atoms with Crippen LogP contribution in [0.3, 0.4) is 0 Å². The van der Waals surface area contributed by atoms with E-state index >= 15 is 0 Å². The summed E-state index contributed by atoms with van der Waals surface area (Å²) in [4.78, 5) is 0. The minimum atomic E-state index is 0.329. The van der Waals surface area contributed by atoms with Crippen LogP contribution in [-0.4, -0.2) is 5.11 Å². The Morgan fingerprint density at radius 1 is 1.67 bits per heavy atom. The average molecular weight is 124 g/mol. The minimum Gasteiger partial charge on any atom is -0.512 e. The summed E-state index contributed by atoms with van der Waals surface area (Å²) in [5, 5.41) is 9.27. The lowest BCUT2D eigenvalue weighted by Crippen LogP contribution is -2.02. The smallest absolute Gasteiger partial charge is 0.0982 e. The molecule has 0 aromatic rings. The van der Waals surface area contributed by atoms with E-state index in [-0.39, 0.29) is 0 Å². The maximum absolute atomic E-state index is 9.27. The number of rotatable bonds is 0. The highest BCUT2D eigenvalue weighted by atomic mass is 16.3. The molecule has 1 aliphatic rings. The van der Waals surface area contributed by atoms with E-state index in [1.165, 1.54) is 0 Å². The van der Waals surface area contributed by atoms with Crippen LogP contribution in [-0.2, 0) is 0 Å². The van der Waals surface area contributed by atoms with Crippen molar-refractivity contribution in [2.24, 2.45) is 5.92 Å². The zero-order valence-electron chi connectivity index (χ0n) is 5.89. The Morgan fingerprint density at radius 2 is 2.33 bits per heavy atom. The molecular formula is C8H12O. The third-order valence-corrected chi connectivity index (χ3v) is 1.73. The molecule has 0 aliphatic heterocycles. The predicted octanol–water partition coefficient (Wildman–Crippen LogP) is 2.41. The van der Waals surface area contributed by atoms with Crippen molar-refractivity contribution in [3.05, 3.63) is 23.5 Å². The molecule has 0 heterocycles. The number of hydrogen-bond acceptors (Lipinski definition) is 1. The number of aliphatic hydroxyl groups excluding tert-OH is 1. The first-order chi connectivity index (χ1) is 4.22. The lowest BCUT2D eigenvalue weighted by Gasteiger charge is -2.13. The van der Waals surface area contributed by atoms with Gasteiger partial charge >= 0.3 is 0 Å². The van der Waals surface area contributed by atoms with Gasteiger partial charge in [0, 0.05) is 5.92 Å². The number of hydrogen-bond donors (Lipinski definition) is 1. The summed E-state index contributed by atoms with van der Waals surface area (Å²) >= 11 is 0. The molecule has 0 unspecified atom stereocenters. The minimum absolute atomic E-state index is 0.329. The van der Waals surface area contributed by atoms with Gasteiger partial charge in [-0.3, -0.25) is 0 Å². The molecule has 1 nitrogen and oxygen atoms in total. The van der Waals surface area contributed by atoms with Crippen LogP contribution in [0.15, 0.2) is 23.5 Å². The fourth-order valence-electron chi connectivity index (χ4n) is 1.03. The fraction of sp³-hybridized carbons (Fsp3) is 0.500. The molecule has 1 atom stereocenters. The van der Waals surface area contributed by atoms with Crippen LogP contribution in [0.2, 0.25) is 0 Å². The maximum atomic E-state index is 9.27. The first-order valence-electron chi connectivity index (χ1n) is 3.28. The van der Waals surface area contributed by atoms with E-state index in [2.05, 4.69) is 6.08 Å². The highest BCUT2D eigenvalue weighted by Crippen LogP contribution is 2.21. The van der Waals surface area contributed by atoms with E-state index in [4.69, 9.17) is 0 Å². The molecule has 0 radical (unpaired) electrons. The number of aliphatic hydroxyl groups is 1. The standard InChI is InChI=1S/C8H12O/c1-6-4-3-5-7(2)8(6)9/h3-4,7,9H,5H2,1-2H3/t7-/m0/s1. The molecule has 50 valence electrons. The lowest BCUT2D eigenvalue weighted by atomic mass is 9.97. The Labute approximate surface area is 55.7 Å². The van der Waals surface area contributed by atoms with Crippen molar-refractivity contribution in [2.45, 2.75) is 20.3 Å². The molecular weight excluding hydrogens is 112 g/mol. The highest BCUT2D eigenvalue weighted by molar-refractivity contribution is 5.24. The van der Waals surface area contributed by atoms with Gasteiger partial charge in [0.1, 0.15) is 0 Å². The molecule has 0 spiro atoms.